The molecular weight excluding hydrogens is 379 g/mol. The average Bonchev–Trinajstić information content (AvgIpc) is 3.07. The number of alkyl halides is 3. The van der Waals surface area contributed by atoms with Gasteiger partial charge in [0.15, 0.2) is 5.82 Å². The van der Waals surface area contributed by atoms with Crippen LogP contribution in [0.5, 0.6) is 0 Å². The molecule has 0 radical (unpaired) electrons. The molecule has 11 heteroatoms. The maximum absolute atomic E-state index is 12.8. The normalized spacial score (nSPS) is 12.1. The number of nitrogens with zero attached hydrogens (tertiary/aromatic N) is 4. The van der Waals surface area contributed by atoms with Crippen LogP contribution < -0.4 is 5.32 Å². The maximum atomic E-state index is 12.8. The second-order valence-electron chi connectivity index (χ2n) is 5.46. The first-order valence-corrected chi connectivity index (χ1v) is 8.26. The minimum absolute atomic E-state index is 0.00720. The Bertz CT molecular complexity index is 950. The molecule has 0 aliphatic rings. The van der Waals surface area contributed by atoms with Crippen molar-refractivity contribution in [3.8, 4) is 0 Å². The summed E-state index contributed by atoms with van der Waals surface area (Å²) in [6, 6.07) is 2.70. The van der Waals surface area contributed by atoms with Gasteiger partial charge in [-0.05, 0) is 18.2 Å². The van der Waals surface area contributed by atoms with E-state index >= 15 is 0 Å². The minimum atomic E-state index is -4.54. The van der Waals surface area contributed by atoms with Crippen LogP contribution >= 0.6 is 22.9 Å². The van der Waals surface area contributed by atoms with Gasteiger partial charge in [-0.2, -0.15) is 17.7 Å². The summed E-state index contributed by atoms with van der Waals surface area (Å²) in [7, 11) is 0. The number of halogens is 4. The summed E-state index contributed by atoms with van der Waals surface area (Å²) in [5.74, 6) is -0.0419. The molecule has 25 heavy (non-hydrogen) atoms. The molecule has 3 rings (SSSR count). The minimum Gasteiger partial charge on any atom is -0.318 e. The lowest BCUT2D eigenvalue weighted by Gasteiger charge is -2.10. The van der Waals surface area contributed by atoms with E-state index in [0.717, 1.165) is 29.5 Å². The summed E-state index contributed by atoms with van der Waals surface area (Å²) >= 11 is 6.85. The van der Waals surface area contributed by atoms with Crippen molar-refractivity contribution < 1.29 is 18.0 Å². The molecular formula is C14H11ClF3N5OS. The first kappa shape index (κ1) is 17.6. The third-order valence-electron chi connectivity index (χ3n) is 3.27. The third kappa shape index (κ3) is 3.45. The quantitative estimate of drug-likeness (QED) is 0.727. The van der Waals surface area contributed by atoms with Gasteiger partial charge in [-0.25, -0.2) is 0 Å². The predicted molar refractivity (Wildman–Crippen MR) is 87.2 cm³/mol. The molecule has 0 saturated carbocycles. The van der Waals surface area contributed by atoms with Crippen molar-refractivity contribution in [2.75, 3.05) is 5.32 Å². The number of hydrogen-bond donors (Lipinski definition) is 1. The van der Waals surface area contributed by atoms with Crippen molar-refractivity contribution in [1.82, 2.24) is 19.8 Å². The summed E-state index contributed by atoms with van der Waals surface area (Å²) in [4.78, 5) is 12.7. The van der Waals surface area contributed by atoms with Gasteiger partial charge in [-0.3, -0.25) is 4.79 Å². The Balaban J connectivity index is 1.90. The van der Waals surface area contributed by atoms with Crippen molar-refractivity contribution in [3.63, 3.8) is 0 Å². The lowest BCUT2D eigenvalue weighted by Crippen LogP contribution is -2.14. The second kappa shape index (κ2) is 6.26. The molecule has 0 aliphatic heterocycles. The summed E-state index contributed by atoms with van der Waals surface area (Å²) in [5, 5.41) is 14.4. The molecule has 1 N–H and O–H groups in total. The maximum Gasteiger partial charge on any atom is 0.416 e. The van der Waals surface area contributed by atoms with Crippen molar-refractivity contribution >= 4 is 39.5 Å². The fourth-order valence-electron chi connectivity index (χ4n) is 2.06. The highest BCUT2D eigenvalue weighted by Gasteiger charge is 2.31. The van der Waals surface area contributed by atoms with Gasteiger partial charge in [-0.15, -0.1) is 15.3 Å². The van der Waals surface area contributed by atoms with Crippen molar-refractivity contribution in [2.24, 2.45) is 0 Å². The zero-order valence-corrected chi connectivity index (χ0v) is 14.5. The Labute approximate surface area is 148 Å². The molecule has 0 unspecified atom stereocenters. The van der Waals surface area contributed by atoms with E-state index < -0.39 is 17.6 Å². The van der Waals surface area contributed by atoms with Crippen LogP contribution in [-0.2, 0) is 6.18 Å². The van der Waals surface area contributed by atoms with Gasteiger partial charge in [0, 0.05) is 5.92 Å². The second-order valence-corrected chi connectivity index (χ2v) is 6.82. The van der Waals surface area contributed by atoms with Crippen LogP contribution in [0.4, 0.5) is 18.9 Å². The van der Waals surface area contributed by atoms with E-state index in [-0.39, 0.29) is 21.6 Å². The number of aromatic nitrogens is 4. The van der Waals surface area contributed by atoms with E-state index in [9.17, 15) is 18.0 Å². The number of rotatable bonds is 3. The van der Waals surface area contributed by atoms with Crippen LogP contribution in [0.15, 0.2) is 18.2 Å². The Kier molecular flexibility index (Phi) is 4.41. The van der Waals surface area contributed by atoms with E-state index in [4.69, 9.17) is 11.6 Å². The molecule has 0 bridgehead atoms. The number of benzene rings is 1. The highest BCUT2D eigenvalue weighted by Crippen LogP contribution is 2.34. The fourth-order valence-corrected chi connectivity index (χ4v) is 2.96. The van der Waals surface area contributed by atoms with E-state index in [1.807, 2.05) is 13.8 Å². The van der Waals surface area contributed by atoms with Crippen LogP contribution in [0.25, 0.3) is 4.96 Å². The van der Waals surface area contributed by atoms with Gasteiger partial charge in [0.25, 0.3) is 5.91 Å². The largest absolute Gasteiger partial charge is 0.416 e. The van der Waals surface area contributed by atoms with Gasteiger partial charge in [-0.1, -0.05) is 36.8 Å². The van der Waals surface area contributed by atoms with E-state index in [1.165, 1.54) is 4.52 Å². The summed E-state index contributed by atoms with van der Waals surface area (Å²) in [5.41, 5.74) is -1.05. The number of fused-ring (bicyclic) bond motifs is 1. The molecule has 2 heterocycles. The zero-order valence-electron chi connectivity index (χ0n) is 12.9. The van der Waals surface area contributed by atoms with E-state index in [0.29, 0.717) is 10.8 Å². The molecule has 6 nitrogen and oxygen atoms in total. The first-order valence-electron chi connectivity index (χ1n) is 7.07. The smallest absolute Gasteiger partial charge is 0.318 e. The van der Waals surface area contributed by atoms with Gasteiger partial charge in [0.1, 0.15) is 0 Å². The van der Waals surface area contributed by atoms with Crippen molar-refractivity contribution in [3.05, 3.63) is 39.6 Å². The van der Waals surface area contributed by atoms with Gasteiger partial charge < -0.3 is 5.32 Å². The Hall–Kier alpha value is -2.20. The van der Waals surface area contributed by atoms with Crippen molar-refractivity contribution in [2.45, 2.75) is 25.9 Å². The Morgan fingerprint density at radius 1 is 1.32 bits per heavy atom. The molecule has 0 atom stereocenters. The SMILES string of the molecule is CC(C)c1nnc2sc(C(=O)Nc3cc(C(F)(F)F)ccc3Cl)nn12. The highest BCUT2D eigenvalue weighted by molar-refractivity contribution is 7.18. The summed E-state index contributed by atoms with van der Waals surface area (Å²) in [6.45, 7) is 3.80. The third-order valence-corrected chi connectivity index (χ3v) is 4.49. The predicted octanol–water partition coefficient (Wildman–Crippen LogP) is 4.23. The van der Waals surface area contributed by atoms with E-state index in [1.54, 1.807) is 0 Å². The molecule has 132 valence electrons. The van der Waals surface area contributed by atoms with Crippen LogP contribution in [-0.4, -0.2) is 25.7 Å². The summed E-state index contributed by atoms with van der Waals surface area (Å²) < 4.78 is 39.8. The molecule has 2 aromatic heterocycles. The van der Waals surface area contributed by atoms with Crippen LogP contribution in [0.2, 0.25) is 5.02 Å². The van der Waals surface area contributed by atoms with E-state index in [2.05, 4.69) is 20.6 Å². The monoisotopic (exact) mass is 389 g/mol. The zero-order chi connectivity index (χ0) is 18.4. The number of anilines is 1. The van der Waals surface area contributed by atoms with Crippen LogP contribution in [0.3, 0.4) is 0 Å². The number of nitrogens with one attached hydrogen (secondary N) is 1. The number of amides is 1. The van der Waals surface area contributed by atoms with Gasteiger partial charge in [0.05, 0.1) is 16.3 Å². The fraction of sp³-hybridized carbons (Fsp3) is 0.286. The molecule has 1 amide bonds. The topological polar surface area (TPSA) is 72.2 Å². The van der Waals surface area contributed by atoms with Gasteiger partial charge >= 0.3 is 6.18 Å². The lowest BCUT2D eigenvalue weighted by atomic mass is 10.2. The molecule has 1 aromatic carbocycles. The Morgan fingerprint density at radius 3 is 2.68 bits per heavy atom. The Morgan fingerprint density at radius 2 is 2.04 bits per heavy atom. The first-order chi connectivity index (χ1) is 11.7. The van der Waals surface area contributed by atoms with Crippen LogP contribution in [0, 0.1) is 0 Å². The number of carbonyl (C=O) groups is 1. The molecule has 0 saturated heterocycles. The van der Waals surface area contributed by atoms with Crippen LogP contribution in [0.1, 0.15) is 41.0 Å². The average molecular weight is 390 g/mol. The molecule has 0 fully saturated rings. The lowest BCUT2D eigenvalue weighted by molar-refractivity contribution is -0.137. The number of carbonyl (C=O) groups excluding carboxylic acids is 1. The standard InChI is InChI=1S/C14H11ClF3N5OS/c1-6(2)10-20-21-13-23(10)22-12(25-13)11(24)19-9-5-7(14(16,17)18)3-4-8(9)15/h3-6H,1-2H3,(H,19,24). The number of hydrogen-bond acceptors (Lipinski definition) is 5. The van der Waals surface area contributed by atoms with Crippen molar-refractivity contribution in [1.29, 1.82) is 0 Å². The highest BCUT2D eigenvalue weighted by atomic mass is 35.5. The molecule has 0 spiro atoms. The van der Waals surface area contributed by atoms with Gasteiger partial charge in [0.2, 0.25) is 9.97 Å². The molecule has 3 aromatic rings. The summed E-state index contributed by atoms with van der Waals surface area (Å²) in [6.07, 6.45) is -4.54. The molecule has 0 aliphatic carbocycles.